The number of nitrogens with one attached hydrogen (secondary N) is 1. The highest BCUT2D eigenvalue weighted by Crippen LogP contribution is 2.23. The Morgan fingerprint density at radius 3 is 2.52 bits per heavy atom. The first-order valence-electron chi connectivity index (χ1n) is 6.59. The minimum atomic E-state index is -0.240. The van der Waals surface area contributed by atoms with Crippen molar-refractivity contribution in [1.29, 1.82) is 0 Å². The second-order valence-corrected chi connectivity index (χ2v) is 5.36. The molecule has 1 N–H and O–H groups in total. The van der Waals surface area contributed by atoms with E-state index in [4.69, 9.17) is 27.9 Å². The molecule has 0 atom stereocenters. The average Bonchev–Trinajstić information content (AvgIpc) is 2.44. The zero-order valence-electron chi connectivity index (χ0n) is 11.5. The van der Waals surface area contributed by atoms with Crippen LogP contribution in [-0.4, -0.2) is 12.5 Å². The van der Waals surface area contributed by atoms with Gasteiger partial charge in [-0.2, -0.15) is 0 Å². The number of rotatable bonds is 5. The summed E-state index contributed by atoms with van der Waals surface area (Å²) in [6.45, 7) is 2.65. The predicted molar refractivity (Wildman–Crippen MR) is 86.6 cm³/mol. The number of amides is 1. The van der Waals surface area contributed by atoms with E-state index in [1.807, 2.05) is 13.0 Å². The van der Waals surface area contributed by atoms with E-state index in [0.29, 0.717) is 33.7 Å². The van der Waals surface area contributed by atoms with Gasteiger partial charge in [0.2, 0.25) is 0 Å². The van der Waals surface area contributed by atoms with E-state index >= 15 is 0 Å². The molecule has 0 bridgehead atoms. The Hall–Kier alpha value is -1.71. The molecule has 0 spiro atoms. The van der Waals surface area contributed by atoms with Crippen molar-refractivity contribution < 1.29 is 9.53 Å². The van der Waals surface area contributed by atoms with Crippen LogP contribution in [-0.2, 0) is 0 Å². The summed E-state index contributed by atoms with van der Waals surface area (Å²) in [6, 6.07) is 11.9. The zero-order chi connectivity index (χ0) is 15.2. The van der Waals surface area contributed by atoms with Crippen LogP contribution < -0.4 is 10.1 Å². The smallest absolute Gasteiger partial charge is 0.255 e. The van der Waals surface area contributed by atoms with Gasteiger partial charge in [0.25, 0.3) is 5.91 Å². The van der Waals surface area contributed by atoms with Gasteiger partial charge in [0.05, 0.1) is 6.61 Å². The lowest BCUT2D eigenvalue weighted by Gasteiger charge is -2.09. The van der Waals surface area contributed by atoms with E-state index in [2.05, 4.69) is 5.32 Å². The van der Waals surface area contributed by atoms with E-state index < -0.39 is 0 Å². The molecule has 2 aromatic rings. The number of hydrogen-bond donors (Lipinski definition) is 1. The van der Waals surface area contributed by atoms with Gasteiger partial charge in [0.15, 0.2) is 0 Å². The van der Waals surface area contributed by atoms with Crippen LogP contribution in [0.3, 0.4) is 0 Å². The molecule has 2 aromatic carbocycles. The molecule has 0 aliphatic heterocycles. The van der Waals surface area contributed by atoms with Crippen LogP contribution in [0.15, 0.2) is 42.5 Å². The minimum absolute atomic E-state index is 0.240. The largest absolute Gasteiger partial charge is 0.494 e. The fourth-order valence-electron chi connectivity index (χ4n) is 1.78. The van der Waals surface area contributed by atoms with Crippen molar-refractivity contribution >= 4 is 34.8 Å². The Kier molecular flexibility index (Phi) is 5.48. The molecule has 0 saturated carbocycles. The Labute approximate surface area is 133 Å². The molecule has 3 nitrogen and oxygen atoms in total. The monoisotopic (exact) mass is 323 g/mol. The van der Waals surface area contributed by atoms with Gasteiger partial charge >= 0.3 is 0 Å². The minimum Gasteiger partial charge on any atom is -0.494 e. The zero-order valence-corrected chi connectivity index (χ0v) is 13.0. The third-order valence-corrected chi connectivity index (χ3v) is 3.13. The average molecular weight is 324 g/mol. The standard InChI is InChI=1S/C16H15Cl2NO2/c1-2-6-21-15-5-3-4-11(7-15)16(20)19-14-9-12(17)8-13(18)10-14/h3-5,7-10H,2,6H2,1H3,(H,19,20). The molecule has 110 valence electrons. The van der Waals surface area contributed by atoms with Crippen molar-refractivity contribution in [2.75, 3.05) is 11.9 Å². The Morgan fingerprint density at radius 1 is 1.14 bits per heavy atom. The first kappa shape index (κ1) is 15.7. The fraction of sp³-hybridized carbons (Fsp3) is 0.188. The SMILES string of the molecule is CCCOc1cccc(C(=O)Nc2cc(Cl)cc(Cl)c2)c1. The summed E-state index contributed by atoms with van der Waals surface area (Å²) in [7, 11) is 0. The molecule has 0 aliphatic carbocycles. The first-order chi connectivity index (χ1) is 10.1. The summed E-state index contributed by atoms with van der Waals surface area (Å²) in [4.78, 5) is 12.2. The summed E-state index contributed by atoms with van der Waals surface area (Å²) >= 11 is 11.8. The van der Waals surface area contributed by atoms with Gasteiger partial charge in [-0.05, 0) is 42.8 Å². The maximum atomic E-state index is 12.2. The van der Waals surface area contributed by atoms with Crippen LogP contribution in [0.25, 0.3) is 0 Å². The van der Waals surface area contributed by atoms with E-state index in [1.54, 1.807) is 36.4 Å². The van der Waals surface area contributed by atoms with Gasteiger partial charge < -0.3 is 10.1 Å². The number of ether oxygens (including phenoxy) is 1. The van der Waals surface area contributed by atoms with Crippen molar-refractivity contribution in [3.8, 4) is 5.75 Å². The van der Waals surface area contributed by atoms with Crippen LogP contribution in [0.5, 0.6) is 5.75 Å². The molecule has 0 heterocycles. The van der Waals surface area contributed by atoms with Crippen LogP contribution in [0.2, 0.25) is 10.0 Å². The number of carbonyl (C=O) groups excluding carboxylic acids is 1. The molecule has 0 aliphatic rings. The molecule has 5 heteroatoms. The van der Waals surface area contributed by atoms with E-state index in [9.17, 15) is 4.79 Å². The van der Waals surface area contributed by atoms with Gasteiger partial charge in [0.1, 0.15) is 5.75 Å². The van der Waals surface area contributed by atoms with Crippen molar-refractivity contribution in [3.63, 3.8) is 0 Å². The number of hydrogen-bond acceptors (Lipinski definition) is 2. The van der Waals surface area contributed by atoms with Crippen molar-refractivity contribution in [2.45, 2.75) is 13.3 Å². The van der Waals surface area contributed by atoms with Crippen LogP contribution in [0, 0.1) is 0 Å². The van der Waals surface area contributed by atoms with Gasteiger partial charge in [-0.3, -0.25) is 4.79 Å². The molecule has 2 rings (SSSR count). The van der Waals surface area contributed by atoms with Crippen molar-refractivity contribution in [3.05, 3.63) is 58.1 Å². The molecule has 21 heavy (non-hydrogen) atoms. The highest BCUT2D eigenvalue weighted by Gasteiger charge is 2.08. The highest BCUT2D eigenvalue weighted by molar-refractivity contribution is 6.35. The summed E-state index contributed by atoms with van der Waals surface area (Å²) in [5.74, 6) is 0.434. The van der Waals surface area contributed by atoms with Gasteiger partial charge in [-0.15, -0.1) is 0 Å². The quantitative estimate of drug-likeness (QED) is 0.837. The second kappa shape index (κ2) is 7.34. The second-order valence-electron chi connectivity index (χ2n) is 4.49. The molecular formula is C16H15Cl2NO2. The van der Waals surface area contributed by atoms with Crippen LogP contribution >= 0.6 is 23.2 Å². The van der Waals surface area contributed by atoms with Crippen molar-refractivity contribution in [1.82, 2.24) is 0 Å². The topological polar surface area (TPSA) is 38.3 Å². The lowest BCUT2D eigenvalue weighted by molar-refractivity contribution is 0.102. The van der Waals surface area contributed by atoms with Gasteiger partial charge in [0, 0.05) is 21.3 Å². The maximum absolute atomic E-state index is 12.2. The first-order valence-corrected chi connectivity index (χ1v) is 7.34. The Balaban J connectivity index is 2.12. The van der Waals surface area contributed by atoms with E-state index in [1.165, 1.54) is 0 Å². The lowest BCUT2D eigenvalue weighted by Crippen LogP contribution is -2.12. The van der Waals surface area contributed by atoms with Gasteiger partial charge in [-0.1, -0.05) is 36.2 Å². The molecular weight excluding hydrogens is 309 g/mol. The van der Waals surface area contributed by atoms with Gasteiger partial charge in [-0.25, -0.2) is 0 Å². The maximum Gasteiger partial charge on any atom is 0.255 e. The summed E-state index contributed by atoms with van der Waals surface area (Å²) in [5, 5.41) is 3.70. The Bertz CT molecular complexity index is 624. The molecule has 0 unspecified atom stereocenters. The summed E-state index contributed by atoms with van der Waals surface area (Å²) < 4.78 is 5.51. The molecule has 1 amide bonds. The number of halogens is 2. The highest BCUT2D eigenvalue weighted by atomic mass is 35.5. The number of carbonyl (C=O) groups is 1. The molecule has 0 saturated heterocycles. The van der Waals surface area contributed by atoms with E-state index in [-0.39, 0.29) is 5.91 Å². The lowest BCUT2D eigenvalue weighted by atomic mass is 10.2. The fourth-order valence-corrected chi connectivity index (χ4v) is 2.30. The summed E-state index contributed by atoms with van der Waals surface area (Å²) in [5.41, 5.74) is 1.07. The van der Waals surface area contributed by atoms with Crippen molar-refractivity contribution in [2.24, 2.45) is 0 Å². The third kappa shape index (κ3) is 4.66. The van der Waals surface area contributed by atoms with E-state index in [0.717, 1.165) is 6.42 Å². The predicted octanol–water partition coefficient (Wildman–Crippen LogP) is 5.03. The Morgan fingerprint density at radius 2 is 1.86 bits per heavy atom. The molecule has 0 aromatic heterocycles. The molecule has 0 radical (unpaired) electrons. The van der Waals surface area contributed by atoms with Crippen LogP contribution in [0.1, 0.15) is 23.7 Å². The summed E-state index contributed by atoms with van der Waals surface area (Å²) in [6.07, 6.45) is 0.914. The number of benzene rings is 2. The third-order valence-electron chi connectivity index (χ3n) is 2.69. The molecule has 0 fully saturated rings. The normalized spacial score (nSPS) is 10.2. The number of anilines is 1. The van der Waals surface area contributed by atoms with Crippen LogP contribution in [0.4, 0.5) is 5.69 Å².